The Hall–Kier alpha value is -1.03. The van der Waals surface area contributed by atoms with Gasteiger partial charge in [-0.3, -0.25) is 0 Å². The van der Waals surface area contributed by atoms with Gasteiger partial charge in [0, 0.05) is 5.33 Å². The molecule has 0 radical (unpaired) electrons. The van der Waals surface area contributed by atoms with Gasteiger partial charge in [-0.1, -0.05) is 22.0 Å². The highest BCUT2D eigenvalue weighted by atomic mass is 79.9. The van der Waals surface area contributed by atoms with Gasteiger partial charge in [0.1, 0.15) is 5.75 Å². The minimum atomic E-state index is -0.934. The first-order chi connectivity index (χ1) is 6.74. The normalized spacial score (nSPS) is 9.79. The van der Waals surface area contributed by atoms with Crippen molar-refractivity contribution in [3.05, 3.63) is 29.8 Å². The van der Waals surface area contributed by atoms with E-state index in [0.29, 0.717) is 12.4 Å². The first kappa shape index (κ1) is 11.0. The van der Waals surface area contributed by atoms with E-state index in [-0.39, 0.29) is 5.56 Å². The van der Waals surface area contributed by atoms with E-state index in [1.54, 1.807) is 18.2 Å². The lowest BCUT2D eigenvalue weighted by Crippen LogP contribution is -2.00. The number of benzene rings is 1. The number of aromatic carboxylic acids is 1. The van der Waals surface area contributed by atoms with E-state index in [1.807, 2.05) is 0 Å². The maximum atomic E-state index is 10.6. The van der Waals surface area contributed by atoms with Crippen LogP contribution in [0.4, 0.5) is 0 Å². The fourth-order valence-corrected chi connectivity index (χ4v) is 1.19. The van der Waals surface area contributed by atoms with Crippen LogP contribution in [0.1, 0.15) is 16.8 Å². The molecule has 0 heterocycles. The molecule has 1 aromatic rings. The molecule has 0 fully saturated rings. The largest absolute Gasteiger partial charge is 0.494 e. The third kappa shape index (κ3) is 3.38. The van der Waals surface area contributed by atoms with Crippen molar-refractivity contribution < 1.29 is 14.6 Å². The summed E-state index contributed by atoms with van der Waals surface area (Å²) in [5.74, 6) is -0.332. The van der Waals surface area contributed by atoms with Gasteiger partial charge in [-0.25, -0.2) is 4.79 Å². The summed E-state index contributed by atoms with van der Waals surface area (Å²) >= 11 is 3.29. The van der Waals surface area contributed by atoms with E-state index in [9.17, 15) is 4.79 Å². The summed E-state index contributed by atoms with van der Waals surface area (Å²) in [5, 5.41) is 9.60. The number of hydrogen-bond donors (Lipinski definition) is 1. The van der Waals surface area contributed by atoms with Crippen molar-refractivity contribution in [3.8, 4) is 5.75 Å². The zero-order valence-electron chi connectivity index (χ0n) is 7.57. The van der Waals surface area contributed by atoms with Crippen molar-refractivity contribution in [3.63, 3.8) is 0 Å². The molecule has 4 heteroatoms. The minimum absolute atomic E-state index is 0.251. The molecule has 1 aromatic carbocycles. The van der Waals surface area contributed by atoms with Gasteiger partial charge in [0.2, 0.25) is 0 Å². The Morgan fingerprint density at radius 3 is 2.93 bits per heavy atom. The zero-order valence-corrected chi connectivity index (χ0v) is 9.16. The third-order valence-corrected chi connectivity index (χ3v) is 2.19. The van der Waals surface area contributed by atoms with Gasteiger partial charge < -0.3 is 9.84 Å². The van der Waals surface area contributed by atoms with E-state index in [0.717, 1.165) is 11.8 Å². The Morgan fingerprint density at radius 1 is 1.50 bits per heavy atom. The molecule has 14 heavy (non-hydrogen) atoms. The lowest BCUT2D eigenvalue weighted by Gasteiger charge is -2.04. The van der Waals surface area contributed by atoms with Crippen LogP contribution >= 0.6 is 15.9 Å². The van der Waals surface area contributed by atoms with Crippen LogP contribution in [0.3, 0.4) is 0 Å². The second-order valence-electron chi connectivity index (χ2n) is 2.72. The van der Waals surface area contributed by atoms with Crippen LogP contribution in [0.5, 0.6) is 5.75 Å². The number of hydrogen-bond acceptors (Lipinski definition) is 2. The number of carboxylic acid groups (broad SMARTS) is 1. The van der Waals surface area contributed by atoms with Crippen LogP contribution in [0.2, 0.25) is 0 Å². The van der Waals surface area contributed by atoms with Gasteiger partial charge in [0.05, 0.1) is 12.2 Å². The molecule has 0 saturated carbocycles. The SMILES string of the molecule is O=C(O)c1cccc(OCCCBr)c1. The molecule has 1 N–H and O–H groups in total. The van der Waals surface area contributed by atoms with Crippen molar-refractivity contribution in [2.75, 3.05) is 11.9 Å². The highest BCUT2D eigenvalue weighted by molar-refractivity contribution is 9.09. The molecular formula is C10H11BrO3. The average molecular weight is 259 g/mol. The molecule has 0 amide bonds. The zero-order chi connectivity index (χ0) is 10.4. The highest BCUT2D eigenvalue weighted by Crippen LogP contribution is 2.13. The van der Waals surface area contributed by atoms with E-state index < -0.39 is 5.97 Å². The van der Waals surface area contributed by atoms with Gasteiger partial charge in [0.15, 0.2) is 0 Å². The van der Waals surface area contributed by atoms with Crippen molar-refractivity contribution in [1.82, 2.24) is 0 Å². The number of carbonyl (C=O) groups is 1. The van der Waals surface area contributed by atoms with Crippen molar-refractivity contribution in [2.24, 2.45) is 0 Å². The molecule has 0 aliphatic carbocycles. The quantitative estimate of drug-likeness (QED) is 0.652. The molecule has 1 rings (SSSR count). The van der Waals surface area contributed by atoms with Crippen LogP contribution in [0, 0.1) is 0 Å². The molecule has 0 bridgehead atoms. The number of alkyl halides is 1. The highest BCUT2D eigenvalue weighted by Gasteiger charge is 2.03. The van der Waals surface area contributed by atoms with Crippen LogP contribution in [0.25, 0.3) is 0 Å². The van der Waals surface area contributed by atoms with Crippen LogP contribution in [0.15, 0.2) is 24.3 Å². The first-order valence-electron chi connectivity index (χ1n) is 4.26. The monoisotopic (exact) mass is 258 g/mol. The molecule has 3 nitrogen and oxygen atoms in total. The van der Waals surface area contributed by atoms with Crippen molar-refractivity contribution in [2.45, 2.75) is 6.42 Å². The van der Waals surface area contributed by atoms with Crippen LogP contribution in [-0.4, -0.2) is 23.0 Å². The smallest absolute Gasteiger partial charge is 0.335 e. The Kier molecular flexibility index (Phi) is 4.46. The number of carboxylic acids is 1. The Bertz CT molecular complexity index is 312. The maximum absolute atomic E-state index is 10.6. The fraction of sp³-hybridized carbons (Fsp3) is 0.300. The Balaban J connectivity index is 2.59. The predicted octanol–water partition coefficient (Wildman–Crippen LogP) is 2.55. The second-order valence-corrected chi connectivity index (χ2v) is 3.52. The average Bonchev–Trinajstić information content (AvgIpc) is 2.19. The molecule has 0 saturated heterocycles. The Morgan fingerprint density at radius 2 is 2.29 bits per heavy atom. The second kappa shape index (κ2) is 5.65. The van der Waals surface area contributed by atoms with E-state index in [1.165, 1.54) is 6.07 Å². The molecular weight excluding hydrogens is 248 g/mol. The molecule has 0 aliphatic heterocycles. The molecule has 0 unspecified atom stereocenters. The summed E-state index contributed by atoms with van der Waals surface area (Å²) in [5.41, 5.74) is 0.251. The standard InChI is InChI=1S/C10H11BrO3/c11-5-2-6-14-9-4-1-3-8(7-9)10(12)13/h1,3-4,7H,2,5-6H2,(H,12,13). The third-order valence-electron chi connectivity index (χ3n) is 1.63. The number of halogens is 1. The van der Waals surface area contributed by atoms with E-state index in [4.69, 9.17) is 9.84 Å². The summed E-state index contributed by atoms with van der Waals surface area (Å²) in [6.45, 7) is 0.592. The van der Waals surface area contributed by atoms with E-state index >= 15 is 0 Å². The number of rotatable bonds is 5. The summed E-state index contributed by atoms with van der Waals surface area (Å²) in [6.07, 6.45) is 0.900. The van der Waals surface area contributed by atoms with Gasteiger partial charge in [-0.15, -0.1) is 0 Å². The molecule has 76 valence electrons. The lowest BCUT2D eigenvalue weighted by molar-refractivity contribution is 0.0696. The first-order valence-corrected chi connectivity index (χ1v) is 5.38. The summed E-state index contributed by atoms with van der Waals surface area (Å²) in [6, 6.07) is 6.49. The fourth-order valence-electron chi connectivity index (χ4n) is 0.963. The Labute approximate surface area is 90.8 Å². The predicted molar refractivity (Wildman–Crippen MR) is 57.3 cm³/mol. The van der Waals surface area contributed by atoms with Gasteiger partial charge in [0.25, 0.3) is 0 Å². The number of ether oxygens (including phenoxy) is 1. The summed E-state index contributed by atoms with van der Waals surface area (Å²) < 4.78 is 5.34. The van der Waals surface area contributed by atoms with Gasteiger partial charge in [-0.05, 0) is 24.6 Å². The summed E-state index contributed by atoms with van der Waals surface area (Å²) in [4.78, 5) is 10.6. The van der Waals surface area contributed by atoms with Crippen LogP contribution < -0.4 is 4.74 Å². The van der Waals surface area contributed by atoms with Crippen molar-refractivity contribution >= 4 is 21.9 Å². The van der Waals surface area contributed by atoms with Gasteiger partial charge in [-0.2, -0.15) is 0 Å². The van der Waals surface area contributed by atoms with Crippen molar-refractivity contribution in [1.29, 1.82) is 0 Å². The summed E-state index contributed by atoms with van der Waals surface area (Å²) in [7, 11) is 0. The van der Waals surface area contributed by atoms with Crippen LogP contribution in [-0.2, 0) is 0 Å². The molecule has 0 atom stereocenters. The molecule has 0 aliphatic rings. The lowest BCUT2D eigenvalue weighted by atomic mass is 10.2. The van der Waals surface area contributed by atoms with E-state index in [2.05, 4.69) is 15.9 Å². The van der Waals surface area contributed by atoms with Gasteiger partial charge >= 0.3 is 5.97 Å². The molecule has 0 aromatic heterocycles. The molecule has 0 spiro atoms. The minimum Gasteiger partial charge on any atom is -0.494 e. The maximum Gasteiger partial charge on any atom is 0.335 e. The topological polar surface area (TPSA) is 46.5 Å².